The highest BCUT2D eigenvalue weighted by Crippen LogP contribution is 2.32. The normalized spacial score (nSPS) is 12.6. The van der Waals surface area contributed by atoms with E-state index in [-0.39, 0.29) is 0 Å². The maximum atomic E-state index is 5.07. The number of nitrogens with one attached hydrogen (secondary N) is 1. The van der Waals surface area contributed by atoms with Crippen LogP contribution in [0, 0.1) is 6.92 Å². The van der Waals surface area contributed by atoms with E-state index in [0.717, 1.165) is 27.7 Å². The first kappa shape index (κ1) is 14.0. The molecule has 2 nitrogen and oxygen atoms in total. The number of hydrogen-bond donors (Lipinski definition) is 1. The van der Waals surface area contributed by atoms with E-state index < -0.39 is 0 Å². The zero-order chi connectivity index (χ0) is 12.1. The molecule has 0 aliphatic carbocycles. The van der Waals surface area contributed by atoms with Crippen molar-refractivity contribution in [2.45, 2.75) is 26.3 Å². The largest absolute Gasteiger partial charge is 0.385 e. The summed E-state index contributed by atoms with van der Waals surface area (Å²) < 4.78 is 7.24. The molecule has 1 unspecified atom stereocenters. The number of rotatable bonds is 5. The van der Waals surface area contributed by atoms with E-state index in [2.05, 4.69) is 63.2 Å². The zero-order valence-corrected chi connectivity index (χ0v) is 13.0. The summed E-state index contributed by atoms with van der Waals surface area (Å²) in [5, 5.41) is 3.47. The van der Waals surface area contributed by atoms with E-state index >= 15 is 0 Å². The fraction of sp³-hybridized carbons (Fsp3) is 0.500. The lowest BCUT2D eigenvalue weighted by molar-refractivity contribution is 0.191. The van der Waals surface area contributed by atoms with Crippen molar-refractivity contribution in [1.82, 2.24) is 0 Å². The van der Waals surface area contributed by atoms with Gasteiger partial charge in [0.1, 0.15) is 0 Å². The SMILES string of the molecule is COCCC(C)Nc1c(Br)cc(C)cc1Br. The third-order valence-electron chi connectivity index (χ3n) is 2.33. The number of methoxy groups -OCH3 is 1. The van der Waals surface area contributed by atoms with E-state index in [1.165, 1.54) is 5.56 Å². The molecule has 0 saturated heterocycles. The molecule has 0 amide bonds. The molecule has 0 aliphatic heterocycles. The standard InChI is InChI=1S/C12H17Br2NO/c1-8-6-10(13)12(11(14)7-8)15-9(2)4-5-16-3/h6-7,9,15H,4-5H2,1-3H3. The van der Waals surface area contributed by atoms with Gasteiger partial charge in [0.25, 0.3) is 0 Å². The molecular weight excluding hydrogens is 334 g/mol. The minimum Gasteiger partial charge on any atom is -0.385 e. The maximum Gasteiger partial charge on any atom is 0.0631 e. The monoisotopic (exact) mass is 349 g/mol. The Balaban J connectivity index is 2.73. The molecule has 16 heavy (non-hydrogen) atoms. The van der Waals surface area contributed by atoms with Gasteiger partial charge in [0.05, 0.1) is 5.69 Å². The molecule has 1 aromatic carbocycles. The van der Waals surface area contributed by atoms with Crippen molar-refractivity contribution < 1.29 is 4.74 Å². The summed E-state index contributed by atoms with van der Waals surface area (Å²) in [6.07, 6.45) is 0.989. The van der Waals surface area contributed by atoms with Crippen molar-refractivity contribution in [3.8, 4) is 0 Å². The summed E-state index contributed by atoms with van der Waals surface area (Å²) in [5.41, 5.74) is 2.34. The van der Waals surface area contributed by atoms with Crippen molar-refractivity contribution in [2.24, 2.45) is 0 Å². The van der Waals surface area contributed by atoms with Gasteiger partial charge in [-0.25, -0.2) is 0 Å². The molecule has 0 aromatic heterocycles. The Labute approximate surface area is 114 Å². The predicted octanol–water partition coefficient (Wildman–Crippen LogP) is 4.36. The minimum atomic E-state index is 0.384. The predicted molar refractivity (Wildman–Crippen MR) is 76.2 cm³/mol. The van der Waals surface area contributed by atoms with Crippen LogP contribution >= 0.6 is 31.9 Å². The molecule has 4 heteroatoms. The molecule has 1 N–H and O–H groups in total. The molecule has 90 valence electrons. The molecule has 0 radical (unpaired) electrons. The summed E-state index contributed by atoms with van der Waals surface area (Å²) in [4.78, 5) is 0. The highest BCUT2D eigenvalue weighted by molar-refractivity contribution is 9.11. The average molecular weight is 351 g/mol. The van der Waals surface area contributed by atoms with Crippen LogP contribution in [0.1, 0.15) is 18.9 Å². The number of anilines is 1. The first-order chi connectivity index (χ1) is 7.54. The zero-order valence-electron chi connectivity index (χ0n) is 9.81. The van der Waals surface area contributed by atoms with Crippen LogP contribution in [-0.4, -0.2) is 19.8 Å². The first-order valence-electron chi connectivity index (χ1n) is 5.25. The van der Waals surface area contributed by atoms with Crippen molar-refractivity contribution in [2.75, 3.05) is 19.0 Å². The van der Waals surface area contributed by atoms with Gasteiger partial charge in [-0.1, -0.05) is 0 Å². The van der Waals surface area contributed by atoms with Gasteiger partial charge in [-0.3, -0.25) is 0 Å². The quantitative estimate of drug-likeness (QED) is 0.851. The fourth-order valence-corrected chi connectivity index (χ4v) is 3.10. The van der Waals surface area contributed by atoms with E-state index in [0.29, 0.717) is 6.04 Å². The van der Waals surface area contributed by atoms with Crippen LogP contribution in [0.2, 0.25) is 0 Å². The Bertz CT molecular complexity index is 332. The molecule has 0 bridgehead atoms. The second kappa shape index (κ2) is 6.62. The van der Waals surface area contributed by atoms with Gasteiger partial charge in [-0.15, -0.1) is 0 Å². The third-order valence-corrected chi connectivity index (χ3v) is 3.58. The van der Waals surface area contributed by atoms with E-state index in [9.17, 15) is 0 Å². The molecular formula is C12H17Br2NO. The number of benzene rings is 1. The van der Waals surface area contributed by atoms with Gasteiger partial charge in [-0.2, -0.15) is 0 Å². The molecule has 1 rings (SSSR count). The first-order valence-corrected chi connectivity index (χ1v) is 6.84. The Morgan fingerprint density at radius 2 is 1.88 bits per heavy atom. The maximum absolute atomic E-state index is 5.07. The number of hydrogen-bond acceptors (Lipinski definition) is 2. The average Bonchev–Trinajstić information content (AvgIpc) is 2.20. The van der Waals surface area contributed by atoms with E-state index in [1.807, 2.05) is 0 Å². The lowest BCUT2D eigenvalue weighted by Crippen LogP contribution is -2.17. The van der Waals surface area contributed by atoms with Gasteiger partial charge in [0.15, 0.2) is 0 Å². The van der Waals surface area contributed by atoms with Crippen molar-refractivity contribution in [3.63, 3.8) is 0 Å². The van der Waals surface area contributed by atoms with Gasteiger partial charge >= 0.3 is 0 Å². The van der Waals surface area contributed by atoms with Crippen molar-refractivity contribution >= 4 is 37.5 Å². The van der Waals surface area contributed by atoms with E-state index in [4.69, 9.17) is 4.74 Å². The van der Waals surface area contributed by atoms with E-state index in [1.54, 1.807) is 7.11 Å². The van der Waals surface area contributed by atoms with Crippen LogP contribution < -0.4 is 5.32 Å². The lowest BCUT2D eigenvalue weighted by Gasteiger charge is -2.18. The van der Waals surface area contributed by atoms with Crippen molar-refractivity contribution in [3.05, 3.63) is 26.6 Å². The summed E-state index contributed by atoms with van der Waals surface area (Å²) in [6.45, 7) is 5.00. The Kier molecular flexibility index (Phi) is 5.79. The highest BCUT2D eigenvalue weighted by atomic mass is 79.9. The molecule has 1 atom stereocenters. The molecule has 0 saturated carbocycles. The molecule has 0 aliphatic rings. The van der Waals surface area contributed by atoms with Gasteiger partial charge in [-0.05, 0) is 69.8 Å². The van der Waals surface area contributed by atoms with Crippen LogP contribution in [0.25, 0.3) is 0 Å². The number of aryl methyl sites for hydroxylation is 1. The summed E-state index contributed by atoms with van der Waals surface area (Å²) in [5.74, 6) is 0. The fourth-order valence-electron chi connectivity index (χ4n) is 1.45. The number of ether oxygens (including phenoxy) is 1. The molecule has 0 heterocycles. The Morgan fingerprint density at radius 3 is 2.38 bits per heavy atom. The lowest BCUT2D eigenvalue weighted by atomic mass is 10.2. The number of halogens is 2. The van der Waals surface area contributed by atoms with Crippen LogP contribution in [0.15, 0.2) is 21.1 Å². The Morgan fingerprint density at radius 1 is 1.31 bits per heavy atom. The van der Waals surface area contributed by atoms with Gasteiger partial charge in [0, 0.05) is 28.7 Å². The minimum absolute atomic E-state index is 0.384. The second-order valence-corrected chi connectivity index (χ2v) is 5.64. The molecule has 0 spiro atoms. The van der Waals surface area contributed by atoms with Crippen molar-refractivity contribution in [1.29, 1.82) is 0 Å². The molecule has 1 aromatic rings. The van der Waals surface area contributed by atoms with Crippen LogP contribution in [-0.2, 0) is 4.74 Å². The summed E-state index contributed by atoms with van der Waals surface area (Å²) in [6, 6.07) is 4.60. The third kappa shape index (κ3) is 4.07. The highest BCUT2D eigenvalue weighted by Gasteiger charge is 2.09. The summed E-state index contributed by atoms with van der Waals surface area (Å²) in [7, 11) is 1.73. The topological polar surface area (TPSA) is 21.3 Å². The van der Waals surface area contributed by atoms with Crippen LogP contribution in [0.5, 0.6) is 0 Å². The molecule has 0 fully saturated rings. The second-order valence-electron chi connectivity index (χ2n) is 3.93. The van der Waals surface area contributed by atoms with Crippen LogP contribution in [0.3, 0.4) is 0 Å². The van der Waals surface area contributed by atoms with Crippen LogP contribution in [0.4, 0.5) is 5.69 Å². The van der Waals surface area contributed by atoms with Gasteiger partial charge in [0.2, 0.25) is 0 Å². The smallest absolute Gasteiger partial charge is 0.0631 e. The Hall–Kier alpha value is -0.0600. The summed E-state index contributed by atoms with van der Waals surface area (Å²) >= 11 is 7.14. The van der Waals surface area contributed by atoms with Gasteiger partial charge < -0.3 is 10.1 Å².